The van der Waals surface area contributed by atoms with Crippen LogP contribution >= 0.6 is 0 Å². The highest BCUT2D eigenvalue weighted by molar-refractivity contribution is 6.02. The van der Waals surface area contributed by atoms with E-state index in [1.165, 1.54) is 28.3 Å². The van der Waals surface area contributed by atoms with Crippen molar-refractivity contribution in [2.24, 2.45) is 0 Å². The summed E-state index contributed by atoms with van der Waals surface area (Å²) in [4.78, 5) is 24.4. The summed E-state index contributed by atoms with van der Waals surface area (Å²) >= 11 is 0. The fourth-order valence-electron chi connectivity index (χ4n) is 3.82. The van der Waals surface area contributed by atoms with Crippen LogP contribution < -0.4 is 10.6 Å². The lowest BCUT2D eigenvalue weighted by molar-refractivity contribution is -0.111. The van der Waals surface area contributed by atoms with Gasteiger partial charge in [-0.2, -0.15) is 0 Å². The lowest BCUT2D eigenvalue weighted by Gasteiger charge is -2.06. The molecule has 0 heterocycles. The number of anilines is 1. The van der Waals surface area contributed by atoms with Gasteiger partial charge in [-0.1, -0.05) is 42.5 Å². The molecule has 0 unspecified atom stereocenters. The van der Waals surface area contributed by atoms with Gasteiger partial charge in [-0.3, -0.25) is 9.59 Å². The van der Waals surface area contributed by atoms with Crippen molar-refractivity contribution in [3.8, 4) is 11.1 Å². The summed E-state index contributed by atoms with van der Waals surface area (Å²) in [5, 5.41) is 5.91. The third-order valence-corrected chi connectivity index (χ3v) is 5.57. The molecule has 148 valence electrons. The lowest BCUT2D eigenvalue weighted by Crippen LogP contribution is -2.25. The van der Waals surface area contributed by atoms with Crippen molar-refractivity contribution in [2.75, 3.05) is 5.32 Å². The number of hydrogen-bond acceptors (Lipinski definition) is 2. The number of fused-ring (bicyclic) bond motifs is 3. The van der Waals surface area contributed by atoms with Gasteiger partial charge in [0, 0.05) is 23.4 Å². The minimum atomic E-state index is -0.180. The van der Waals surface area contributed by atoms with E-state index in [-0.39, 0.29) is 11.8 Å². The molecule has 2 aliphatic rings. The van der Waals surface area contributed by atoms with Crippen LogP contribution in [-0.4, -0.2) is 17.9 Å². The Hall–Kier alpha value is -3.66. The number of nitrogens with one attached hydrogen (secondary N) is 2. The van der Waals surface area contributed by atoms with E-state index in [1.54, 1.807) is 18.2 Å². The Labute approximate surface area is 175 Å². The number of carbonyl (C=O) groups is 2. The number of rotatable bonds is 5. The average molecular weight is 394 g/mol. The van der Waals surface area contributed by atoms with Crippen molar-refractivity contribution in [3.05, 3.63) is 95.1 Å². The first-order chi connectivity index (χ1) is 14.7. The summed E-state index contributed by atoms with van der Waals surface area (Å²) in [5.41, 5.74) is 7.39. The van der Waals surface area contributed by atoms with Crippen LogP contribution in [-0.2, 0) is 11.2 Å². The van der Waals surface area contributed by atoms with E-state index in [0.29, 0.717) is 11.6 Å². The van der Waals surface area contributed by atoms with E-state index in [2.05, 4.69) is 41.0 Å². The van der Waals surface area contributed by atoms with Crippen LogP contribution in [0.25, 0.3) is 17.2 Å². The molecule has 2 aliphatic carbocycles. The second kappa shape index (κ2) is 7.64. The third kappa shape index (κ3) is 3.90. The van der Waals surface area contributed by atoms with Crippen LogP contribution in [0.4, 0.5) is 5.69 Å². The maximum Gasteiger partial charge on any atom is 0.251 e. The van der Waals surface area contributed by atoms with Crippen molar-refractivity contribution < 1.29 is 9.59 Å². The fourth-order valence-corrected chi connectivity index (χ4v) is 3.82. The van der Waals surface area contributed by atoms with Crippen LogP contribution in [0, 0.1) is 0 Å². The second-order valence-electron chi connectivity index (χ2n) is 7.90. The van der Waals surface area contributed by atoms with Crippen LogP contribution in [0.2, 0.25) is 0 Å². The average Bonchev–Trinajstić information content (AvgIpc) is 3.50. The lowest BCUT2D eigenvalue weighted by atomic mass is 10.1. The molecule has 2 N–H and O–H groups in total. The Morgan fingerprint density at radius 1 is 0.867 bits per heavy atom. The standard InChI is InChI=1S/C26H22N2O2/c29-25(14-7-17-5-8-18(9-6-17)26(30)28-21-10-11-21)27-22-12-13-24-20(16-22)15-19-3-1-2-4-23(19)24/h1-9,12-14,16,21H,10-11,15H2,(H,27,29)(H,28,30)/b14-7+. The molecule has 5 rings (SSSR count). The highest BCUT2D eigenvalue weighted by Gasteiger charge is 2.23. The molecule has 30 heavy (non-hydrogen) atoms. The smallest absolute Gasteiger partial charge is 0.251 e. The molecule has 0 saturated heterocycles. The van der Waals surface area contributed by atoms with Gasteiger partial charge in [0.2, 0.25) is 5.91 Å². The quantitative estimate of drug-likeness (QED) is 0.478. The molecule has 0 radical (unpaired) electrons. The van der Waals surface area contributed by atoms with Gasteiger partial charge in [-0.15, -0.1) is 0 Å². The Balaban J connectivity index is 1.21. The Bertz CT molecular complexity index is 1160. The minimum absolute atomic E-state index is 0.0375. The van der Waals surface area contributed by atoms with Gasteiger partial charge in [-0.05, 0) is 77.4 Å². The summed E-state index contributed by atoms with van der Waals surface area (Å²) in [7, 11) is 0. The molecule has 3 aromatic rings. The van der Waals surface area contributed by atoms with Crippen molar-refractivity contribution in [3.63, 3.8) is 0 Å². The largest absolute Gasteiger partial charge is 0.349 e. The predicted octanol–water partition coefficient (Wildman–Crippen LogP) is 4.80. The summed E-state index contributed by atoms with van der Waals surface area (Å²) in [6.07, 6.45) is 6.30. The molecule has 3 aromatic carbocycles. The van der Waals surface area contributed by atoms with Gasteiger partial charge in [0.25, 0.3) is 5.91 Å². The van der Waals surface area contributed by atoms with E-state index in [4.69, 9.17) is 0 Å². The summed E-state index contributed by atoms with van der Waals surface area (Å²) < 4.78 is 0. The van der Waals surface area contributed by atoms with Crippen molar-refractivity contribution in [1.29, 1.82) is 0 Å². The van der Waals surface area contributed by atoms with Gasteiger partial charge in [-0.25, -0.2) is 0 Å². The molecule has 0 spiro atoms. The zero-order valence-corrected chi connectivity index (χ0v) is 16.5. The van der Waals surface area contributed by atoms with Crippen molar-refractivity contribution in [1.82, 2.24) is 5.32 Å². The molecule has 0 atom stereocenters. The summed E-state index contributed by atoms with van der Waals surface area (Å²) in [6, 6.07) is 22.1. The third-order valence-electron chi connectivity index (χ3n) is 5.57. The number of amides is 2. The first-order valence-corrected chi connectivity index (χ1v) is 10.3. The normalized spacial score (nSPS) is 14.3. The van der Waals surface area contributed by atoms with Crippen molar-refractivity contribution >= 4 is 23.6 Å². The van der Waals surface area contributed by atoms with E-state index >= 15 is 0 Å². The Morgan fingerprint density at radius 3 is 2.43 bits per heavy atom. The first-order valence-electron chi connectivity index (χ1n) is 10.3. The van der Waals surface area contributed by atoms with Gasteiger partial charge in [0.1, 0.15) is 0 Å². The predicted molar refractivity (Wildman–Crippen MR) is 119 cm³/mol. The highest BCUT2D eigenvalue weighted by atomic mass is 16.2. The van der Waals surface area contributed by atoms with Crippen LogP contribution in [0.15, 0.2) is 72.8 Å². The second-order valence-corrected chi connectivity index (χ2v) is 7.90. The zero-order valence-electron chi connectivity index (χ0n) is 16.5. The monoisotopic (exact) mass is 394 g/mol. The number of carbonyl (C=O) groups excluding carboxylic acids is 2. The summed E-state index contributed by atoms with van der Waals surface area (Å²) in [6.45, 7) is 0. The van der Waals surface area contributed by atoms with Gasteiger partial charge >= 0.3 is 0 Å². The fraction of sp³-hybridized carbons (Fsp3) is 0.154. The number of hydrogen-bond donors (Lipinski definition) is 2. The van der Waals surface area contributed by atoms with Crippen LogP contribution in [0.1, 0.15) is 39.9 Å². The highest BCUT2D eigenvalue weighted by Crippen LogP contribution is 2.37. The van der Waals surface area contributed by atoms with E-state index in [1.807, 2.05) is 24.3 Å². The zero-order chi connectivity index (χ0) is 20.5. The van der Waals surface area contributed by atoms with Crippen molar-refractivity contribution in [2.45, 2.75) is 25.3 Å². The summed E-state index contributed by atoms with van der Waals surface area (Å²) in [5.74, 6) is -0.217. The molecule has 4 heteroatoms. The SMILES string of the molecule is O=C(/C=C/c1ccc(C(=O)NC2CC2)cc1)Nc1ccc2c(c1)Cc1ccccc1-2. The Kier molecular flexibility index (Phi) is 4.68. The van der Waals surface area contributed by atoms with Gasteiger partial charge in [0.15, 0.2) is 0 Å². The van der Waals surface area contributed by atoms with E-state index in [9.17, 15) is 9.59 Å². The van der Waals surface area contributed by atoms with Gasteiger partial charge < -0.3 is 10.6 Å². The number of benzene rings is 3. The molecule has 1 fully saturated rings. The minimum Gasteiger partial charge on any atom is -0.349 e. The molecule has 0 aromatic heterocycles. The van der Waals surface area contributed by atoms with E-state index in [0.717, 1.165) is 30.5 Å². The van der Waals surface area contributed by atoms with Gasteiger partial charge in [0.05, 0.1) is 0 Å². The molecule has 0 bridgehead atoms. The molecular weight excluding hydrogens is 372 g/mol. The molecule has 2 amide bonds. The first kappa shape index (κ1) is 18.4. The topological polar surface area (TPSA) is 58.2 Å². The maximum absolute atomic E-state index is 12.3. The van der Waals surface area contributed by atoms with Crippen LogP contribution in [0.5, 0.6) is 0 Å². The van der Waals surface area contributed by atoms with Crippen LogP contribution in [0.3, 0.4) is 0 Å². The molecule has 1 saturated carbocycles. The Morgan fingerprint density at radius 2 is 1.63 bits per heavy atom. The van der Waals surface area contributed by atoms with E-state index < -0.39 is 0 Å². The molecule has 0 aliphatic heterocycles. The molecule has 4 nitrogen and oxygen atoms in total. The maximum atomic E-state index is 12.3. The molecular formula is C26H22N2O2.